The minimum atomic E-state index is -0.516. The third-order valence-electron chi connectivity index (χ3n) is 6.44. The Morgan fingerprint density at radius 2 is 1.49 bits per heavy atom. The molecule has 0 heterocycles. The molecule has 0 saturated heterocycles. The molecule has 3 aromatic carbocycles. The first-order valence-electron chi connectivity index (χ1n) is 12.5. The second-order valence-electron chi connectivity index (χ2n) is 8.99. The molecule has 7 nitrogen and oxygen atoms in total. The van der Waals surface area contributed by atoms with E-state index in [2.05, 4.69) is 39.7 Å². The van der Waals surface area contributed by atoms with Crippen molar-refractivity contribution in [2.45, 2.75) is 37.8 Å². The van der Waals surface area contributed by atoms with Gasteiger partial charge in [0, 0.05) is 12.5 Å². The molecule has 1 aliphatic rings. The smallest absolute Gasteiger partial charge is 0.407 e. The van der Waals surface area contributed by atoms with E-state index in [1.165, 1.54) is 11.1 Å². The zero-order valence-electron chi connectivity index (χ0n) is 20.7. The molecule has 190 valence electrons. The lowest BCUT2D eigenvalue weighted by molar-refractivity contribution is 0.139. The molecule has 2 N–H and O–H groups in total. The Hall–Kier alpha value is -4.31. The molecule has 0 saturated carbocycles. The second-order valence-corrected chi connectivity index (χ2v) is 8.99. The van der Waals surface area contributed by atoms with E-state index in [-0.39, 0.29) is 31.7 Å². The van der Waals surface area contributed by atoms with Gasteiger partial charge in [-0.15, -0.1) is 0 Å². The Morgan fingerprint density at radius 1 is 0.838 bits per heavy atom. The van der Waals surface area contributed by atoms with Gasteiger partial charge in [0.1, 0.15) is 19.3 Å². The van der Waals surface area contributed by atoms with E-state index < -0.39 is 12.2 Å². The summed E-state index contributed by atoms with van der Waals surface area (Å²) in [5.41, 5.74) is 5.60. The number of nitrogens with one attached hydrogen (secondary N) is 2. The standard InChI is InChI=1S/C30H31N3O4/c1-31-19-23(13-9-10-18-32-29(34)36-20-22-11-3-2-4-12-22)33-30(35)37-21-28-26-16-7-5-14-24(26)25-15-6-8-17-27(25)28/h2-8,11-12,14-17,23,28H,9-10,13,18-21H2,(H,32,34)(H,33,35)/t23-/m0/s1. The van der Waals surface area contributed by atoms with Crippen molar-refractivity contribution in [1.82, 2.24) is 10.6 Å². The topological polar surface area (TPSA) is 81.0 Å². The molecular formula is C30H31N3O4. The lowest BCUT2D eigenvalue weighted by Crippen LogP contribution is -2.37. The molecule has 1 aliphatic carbocycles. The zero-order chi connectivity index (χ0) is 25.9. The third kappa shape index (κ3) is 7.11. The molecule has 1 atom stereocenters. The van der Waals surface area contributed by atoms with E-state index >= 15 is 0 Å². The molecule has 2 amide bonds. The Bertz CT molecular complexity index is 1190. The fourth-order valence-corrected chi connectivity index (χ4v) is 4.61. The van der Waals surface area contributed by atoms with Crippen LogP contribution in [0.1, 0.15) is 41.9 Å². The van der Waals surface area contributed by atoms with E-state index in [4.69, 9.17) is 16.0 Å². The van der Waals surface area contributed by atoms with E-state index in [1.807, 2.05) is 54.6 Å². The summed E-state index contributed by atoms with van der Waals surface area (Å²) in [6, 6.07) is 25.6. The van der Waals surface area contributed by atoms with Crippen LogP contribution in [0.4, 0.5) is 9.59 Å². The number of carbonyl (C=O) groups is 2. The summed E-state index contributed by atoms with van der Waals surface area (Å²) in [6.07, 6.45) is 1.09. The molecular weight excluding hydrogens is 466 g/mol. The number of rotatable bonds is 11. The number of nitrogens with zero attached hydrogens (tertiary/aromatic N) is 1. The quantitative estimate of drug-likeness (QED) is 0.255. The Kier molecular flexibility index (Phi) is 9.14. The fraction of sp³-hybridized carbons (Fsp3) is 0.300. The van der Waals surface area contributed by atoms with Gasteiger partial charge in [-0.05, 0) is 47.1 Å². The van der Waals surface area contributed by atoms with E-state index in [0.717, 1.165) is 23.1 Å². The number of ether oxygens (including phenoxy) is 2. The van der Waals surface area contributed by atoms with Crippen LogP contribution >= 0.6 is 0 Å². The monoisotopic (exact) mass is 497 g/mol. The highest BCUT2D eigenvalue weighted by molar-refractivity contribution is 5.79. The highest BCUT2D eigenvalue weighted by Crippen LogP contribution is 2.44. The molecule has 4 rings (SSSR count). The van der Waals surface area contributed by atoms with Gasteiger partial charge in [0.2, 0.25) is 6.54 Å². The number of carbonyl (C=O) groups excluding carboxylic acids is 2. The van der Waals surface area contributed by atoms with Crippen molar-refractivity contribution in [3.63, 3.8) is 0 Å². The van der Waals surface area contributed by atoms with E-state index in [1.54, 1.807) is 0 Å². The summed E-state index contributed by atoms with van der Waals surface area (Å²) < 4.78 is 10.8. The molecule has 3 aromatic rings. The first-order chi connectivity index (χ1) is 18.2. The van der Waals surface area contributed by atoms with Crippen LogP contribution in [0.5, 0.6) is 0 Å². The average Bonchev–Trinajstić information content (AvgIpc) is 3.25. The number of fused-ring (bicyclic) bond motifs is 3. The number of hydrogen-bond donors (Lipinski definition) is 2. The van der Waals surface area contributed by atoms with Crippen LogP contribution in [0.25, 0.3) is 16.0 Å². The molecule has 0 fully saturated rings. The molecule has 37 heavy (non-hydrogen) atoms. The molecule has 0 radical (unpaired) electrons. The maximum Gasteiger partial charge on any atom is 0.407 e. The number of benzene rings is 3. The van der Waals surface area contributed by atoms with Crippen LogP contribution in [-0.2, 0) is 16.1 Å². The molecule has 0 aliphatic heterocycles. The summed E-state index contributed by atoms with van der Waals surface area (Å²) in [5, 5.41) is 5.57. The van der Waals surface area contributed by atoms with Crippen molar-refractivity contribution in [3.8, 4) is 11.1 Å². The number of alkyl carbamates (subject to hydrolysis) is 2. The van der Waals surface area contributed by atoms with Crippen molar-refractivity contribution in [2.24, 2.45) is 0 Å². The average molecular weight is 498 g/mol. The van der Waals surface area contributed by atoms with Gasteiger partial charge >= 0.3 is 12.2 Å². The molecule has 0 unspecified atom stereocenters. The summed E-state index contributed by atoms with van der Waals surface area (Å²) >= 11 is 0. The fourth-order valence-electron chi connectivity index (χ4n) is 4.61. The van der Waals surface area contributed by atoms with Crippen molar-refractivity contribution < 1.29 is 19.1 Å². The maximum atomic E-state index is 12.6. The minimum absolute atomic E-state index is 0.00909. The van der Waals surface area contributed by atoms with Gasteiger partial charge in [-0.2, -0.15) is 0 Å². The van der Waals surface area contributed by atoms with Crippen molar-refractivity contribution >= 4 is 12.2 Å². The molecule has 0 spiro atoms. The first kappa shape index (κ1) is 25.8. The lowest BCUT2D eigenvalue weighted by atomic mass is 9.98. The largest absolute Gasteiger partial charge is 0.449 e. The summed E-state index contributed by atoms with van der Waals surface area (Å²) in [7, 11) is 0. The van der Waals surface area contributed by atoms with Gasteiger partial charge < -0.3 is 25.0 Å². The second kappa shape index (κ2) is 13.1. The van der Waals surface area contributed by atoms with Crippen molar-refractivity contribution in [2.75, 3.05) is 19.7 Å². The van der Waals surface area contributed by atoms with Gasteiger partial charge in [-0.1, -0.05) is 78.9 Å². The predicted octanol–water partition coefficient (Wildman–Crippen LogP) is 5.91. The minimum Gasteiger partial charge on any atom is -0.449 e. The Labute approximate surface area is 217 Å². The van der Waals surface area contributed by atoms with Crippen molar-refractivity contribution in [1.29, 1.82) is 0 Å². The number of unbranched alkanes of at least 4 members (excludes halogenated alkanes) is 1. The molecule has 7 heteroatoms. The van der Waals surface area contributed by atoms with Gasteiger partial charge in [0.05, 0.1) is 0 Å². The molecule has 0 bridgehead atoms. The van der Waals surface area contributed by atoms with Gasteiger partial charge in [-0.25, -0.2) is 16.2 Å². The first-order valence-corrected chi connectivity index (χ1v) is 12.5. The highest BCUT2D eigenvalue weighted by Gasteiger charge is 2.29. The maximum absolute atomic E-state index is 12.6. The predicted molar refractivity (Wildman–Crippen MR) is 142 cm³/mol. The van der Waals surface area contributed by atoms with Crippen molar-refractivity contribution in [3.05, 3.63) is 107 Å². The number of hydrogen-bond acceptors (Lipinski definition) is 4. The summed E-state index contributed by atoms with van der Waals surface area (Å²) in [4.78, 5) is 27.9. The van der Waals surface area contributed by atoms with Gasteiger partial charge in [0.15, 0.2) is 0 Å². The Morgan fingerprint density at radius 3 is 2.16 bits per heavy atom. The third-order valence-corrected chi connectivity index (χ3v) is 6.44. The van der Waals surface area contributed by atoms with Crippen LogP contribution in [0.2, 0.25) is 0 Å². The lowest BCUT2D eigenvalue weighted by Gasteiger charge is -2.17. The van der Waals surface area contributed by atoms with Gasteiger partial charge in [0.25, 0.3) is 0 Å². The Balaban J connectivity index is 1.17. The van der Waals surface area contributed by atoms with Crippen LogP contribution in [0.3, 0.4) is 0 Å². The summed E-state index contributed by atoms with van der Waals surface area (Å²) in [5.74, 6) is -0.00909. The highest BCUT2D eigenvalue weighted by atomic mass is 16.6. The number of amides is 2. The molecule has 0 aromatic heterocycles. The van der Waals surface area contributed by atoms with E-state index in [0.29, 0.717) is 19.4 Å². The van der Waals surface area contributed by atoms with Crippen LogP contribution in [0.15, 0.2) is 78.9 Å². The summed E-state index contributed by atoms with van der Waals surface area (Å²) in [6.45, 7) is 8.33. The van der Waals surface area contributed by atoms with Crippen LogP contribution in [-0.4, -0.2) is 37.9 Å². The SMILES string of the molecule is [C-]#[N+]C[C@H](CCCCNC(=O)OCc1ccccc1)NC(=O)OCC1c2ccccc2-c2ccccc21. The van der Waals surface area contributed by atoms with Gasteiger partial charge in [-0.3, -0.25) is 0 Å². The van der Waals surface area contributed by atoms with E-state index in [9.17, 15) is 9.59 Å². The van der Waals surface area contributed by atoms with Crippen LogP contribution < -0.4 is 10.6 Å². The zero-order valence-corrected chi connectivity index (χ0v) is 20.7. The van der Waals surface area contributed by atoms with Crippen LogP contribution in [0, 0.1) is 6.57 Å². The normalized spacial score (nSPS) is 12.5.